The summed E-state index contributed by atoms with van der Waals surface area (Å²) in [6, 6.07) is 0. The van der Waals surface area contributed by atoms with E-state index in [4.69, 9.17) is 0 Å². The first-order chi connectivity index (χ1) is 12.2. The lowest BCUT2D eigenvalue weighted by atomic mass is 9.93. The molecule has 0 fully saturated rings. The molecule has 0 aromatic heterocycles. The molecule has 0 atom stereocenters. The van der Waals surface area contributed by atoms with Crippen molar-refractivity contribution in [2.24, 2.45) is 0 Å². The fraction of sp³-hybridized carbons (Fsp3) is 0.760. The minimum absolute atomic E-state index is 1.13. The molecule has 0 aromatic carbocycles. The van der Waals surface area contributed by atoms with Gasteiger partial charge in [-0.05, 0) is 51.4 Å². The Labute approximate surface area is 159 Å². The van der Waals surface area contributed by atoms with E-state index in [1.165, 1.54) is 95.5 Å². The van der Waals surface area contributed by atoms with Crippen molar-refractivity contribution in [3.8, 4) is 0 Å². The van der Waals surface area contributed by atoms with Gasteiger partial charge in [-0.15, -0.1) is 0 Å². The second-order valence-electron chi connectivity index (χ2n) is 7.55. The molecule has 0 aromatic rings. The molecule has 0 bridgehead atoms. The van der Waals surface area contributed by atoms with E-state index in [1.54, 1.807) is 11.1 Å². The lowest BCUT2D eigenvalue weighted by Crippen LogP contribution is -1.93. The molecule has 0 saturated carbocycles. The second-order valence-corrected chi connectivity index (χ2v) is 7.55. The summed E-state index contributed by atoms with van der Waals surface area (Å²) in [5.74, 6) is 0. The average Bonchev–Trinajstić information content (AvgIpc) is 2.62. The van der Waals surface area contributed by atoms with Crippen LogP contribution in [0.2, 0.25) is 0 Å². The molecule has 0 spiro atoms. The van der Waals surface area contributed by atoms with E-state index in [0.29, 0.717) is 0 Å². The van der Waals surface area contributed by atoms with Crippen LogP contribution in [0, 0.1) is 0 Å². The highest BCUT2D eigenvalue weighted by atomic mass is 14.1. The molecule has 0 unspecified atom stereocenters. The molecule has 0 radical (unpaired) electrons. The third kappa shape index (κ3) is 14.1. The maximum absolute atomic E-state index is 4.25. The Balaban J connectivity index is 4.31. The van der Waals surface area contributed by atoms with Gasteiger partial charge >= 0.3 is 0 Å². The van der Waals surface area contributed by atoms with Gasteiger partial charge in [-0.1, -0.05) is 108 Å². The molecule has 0 heterocycles. The fourth-order valence-electron chi connectivity index (χ4n) is 3.38. The van der Waals surface area contributed by atoms with Crippen molar-refractivity contribution in [2.45, 2.75) is 124 Å². The van der Waals surface area contributed by atoms with Gasteiger partial charge < -0.3 is 0 Å². The third-order valence-corrected chi connectivity index (χ3v) is 5.16. The van der Waals surface area contributed by atoms with Gasteiger partial charge in [0, 0.05) is 0 Å². The van der Waals surface area contributed by atoms with Gasteiger partial charge in [-0.25, -0.2) is 0 Å². The molecule has 0 heteroatoms. The van der Waals surface area contributed by atoms with Crippen LogP contribution in [0.15, 0.2) is 35.5 Å². The van der Waals surface area contributed by atoms with Gasteiger partial charge in [-0.3, -0.25) is 0 Å². The maximum Gasteiger partial charge on any atom is -0.0133 e. The summed E-state index contributed by atoms with van der Waals surface area (Å²) in [7, 11) is 0. The lowest BCUT2D eigenvalue weighted by Gasteiger charge is -2.13. The molecular weight excluding hydrogens is 300 g/mol. The van der Waals surface area contributed by atoms with Crippen molar-refractivity contribution in [2.75, 3.05) is 0 Å². The van der Waals surface area contributed by atoms with Gasteiger partial charge in [0.25, 0.3) is 0 Å². The summed E-state index contributed by atoms with van der Waals surface area (Å²) in [6.07, 6.45) is 24.3. The van der Waals surface area contributed by atoms with Crippen LogP contribution in [0.25, 0.3) is 0 Å². The van der Waals surface area contributed by atoms with Crippen molar-refractivity contribution in [1.29, 1.82) is 0 Å². The summed E-state index contributed by atoms with van der Waals surface area (Å²) < 4.78 is 0. The Morgan fingerprint density at radius 1 is 0.640 bits per heavy atom. The van der Waals surface area contributed by atoms with Crippen molar-refractivity contribution >= 4 is 0 Å². The first-order valence-electron chi connectivity index (χ1n) is 11.2. The average molecular weight is 347 g/mol. The highest BCUT2D eigenvalue weighted by molar-refractivity contribution is 5.21. The van der Waals surface area contributed by atoms with E-state index in [9.17, 15) is 0 Å². The Morgan fingerprint density at radius 3 is 1.76 bits per heavy atom. The van der Waals surface area contributed by atoms with E-state index < -0.39 is 0 Å². The molecule has 0 aliphatic carbocycles. The van der Waals surface area contributed by atoms with Crippen LogP contribution < -0.4 is 0 Å². The molecule has 0 N–H and O–H groups in total. The standard InChI is InChI=1S/C25H46/c1-6-10-13-14-15-16-18-23(5)19-17-22-24(9-4)25(20-11-7-2)21-12-8-3/h17,19H,5-16,18,20-22H2,1-4H3/b19-17-. The van der Waals surface area contributed by atoms with E-state index in [2.05, 4.69) is 46.4 Å². The number of rotatable bonds is 17. The van der Waals surface area contributed by atoms with Crippen molar-refractivity contribution in [3.05, 3.63) is 35.5 Å². The summed E-state index contributed by atoms with van der Waals surface area (Å²) in [4.78, 5) is 0. The van der Waals surface area contributed by atoms with E-state index in [1.807, 2.05) is 0 Å². The van der Waals surface area contributed by atoms with Gasteiger partial charge in [-0.2, -0.15) is 0 Å². The zero-order valence-electron chi connectivity index (χ0n) is 18.0. The molecule has 25 heavy (non-hydrogen) atoms. The summed E-state index contributed by atoms with van der Waals surface area (Å²) in [6.45, 7) is 13.5. The quantitative estimate of drug-likeness (QED) is 0.140. The van der Waals surface area contributed by atoms with Gasteiger partial charge in [0.15, 0.2) is 0 Å². The molecule has 0 saturated heterocycles. The van der Waals surface area contributed by atoms with Crippen LogP contribution in [-0.2, 0) is 0 Å². The lowest BCUT2D eigenvalue weighted by molar-refractivity contribution is 0.608. The van der Waals surface area contributed by atoms with Crippen LogP contribution in [0.1, 0.15) is 124 Å². The van der Waals surface area contributed by atoms with Crippen LogP contribution in [0.3, 0.4) is 0 Å². The zero-order valence-corrected chi connectivity index (χ0v) is 18.0. The Hall–Kier alpha value is -0.780. The predicted molar refractivity (Wildman–Crippen MR) is 117 cm³/mol. The van der Waals surface area contributed by atoms with Gasteiger partial charge in [0.05, 0.1) is 0 Å². The minimum atomic E-state index is 1.13. The smallest absolute Gasteiger partial charge is 0.0133 e. The maximum atomic E-state index is 4.25. The Kier molecular flexibility index (Phi) is 17.5. The van der Waals surface area contributed by atoms with E-state index >= 15 is 0 Å². The molecule has 0 aliphatic heterocycles. The van der Waals surface area contributed by atoms with Crippen LogP contribution in [0.4, 0.5) is 0 Å². The first kappa shape index (κ1) is 24.2. The van der Waals surface area contributed by atoms with Crippen molar-refractivity contribution in [3.63, 3.8) is 0 Å². The summed E-state index contributed by atoms with van der Waals surface area (Å²) in [5, 5.41) is 0. The number of hydrogen-bond acceptors (Lipinski definition) is 0. The summed E-state index contributed by atoms with van der Waals surface area (Å²) >= 11 is 0. The van der Waals surface area contributed by atoms with E-state index in [-0.39, 0.29) is 0 Å². The van der Waals surface area contributed by atoms with E-state index in [0.717, 1.165) is 6.42 Å². The Bertz CT molecular complexity index is 359. The molecule has 146 valence electrons. The molecular formula is C25H46. The Morgan fingerprint density at radius 2 is 1.20 bits per heavy atom. The summed E-state index contributed by atoms with van der Waals surface area (Å²) in [5.41, 5.74) is 4.75. The predicted octanol–water partition coefficient (Wildman–Crippen LogP) is 9.33. The fourth-order valence-corrected chi connectivity index (χ4v) is 3.38. The molecule has 0 nitrogen and oxygen atoms in total. The number of allylic oxidation sites excluding steroid dienone is 5. The zero-order chi connectivity index (χ0) is 18.8. The third-order valence-electron chi connectivity index (χ3n) is 5.16. The van der Waals surface area contributed by atoms with Gasteiger partial charge in [0.1, 0.15) is 0 Å². The molecule has 0 amide bonds. The van der Waals surface area contributed by atoms with Crippen LogP contribution >= 0.6 is 0 Å². The van der Waals surface area contributed by atoms with Crippen LogP contribution in [-0.4, -0.2) is 0 Å². The number of unbranched alkanes of at least 4 members (excludes halogenated alkanes) is 7. The topological polar surface area (TPSA) is 0 Å². The molecule has 0 rings (SSSR count). The van der Waals surface area contributed by atoms with Crippen LogP contribution in [0.5, 0.6) is 0 Å². The first-order valence-corrected chi connectivity index (χ1v) is 11.2. The normalized spacial score (nSPS) is 11.2. The monoisotopic (exact) mass is 346 g/mol. The van der Waals surface area contributed by atoms with Crippen molar-refractivity contribution in [1.82, 2.24) is 0 Å². The second kappa shape index (κ2) is 18.0. The largest absolute Gasteiger partial charge is 0.0958 e. The number of hydrogen-bond donors (Lipinski definition) is 0. The van der Waals surface area contributed by atoms with Crippen molar-refractivity contribution < 1.29 is 0 Å². The highest BCUT2D eigenvalue weighted by Crippen LogP contribution is 2.24. The molecule has 0 aliphatic rings. The minimum Gasteiger partial charge on any atom is -0.0958 e. The van der Waals surface area contributed by atoms with Gasteiger partial charge in [0.2, 0.25) is 0 Å². The highest BCUT2D eigenvalue weighted by Gasteiger charge is 2.04. The SMILES string of the molecule is C=C(/C=C\CC(CC)=C(CCCC)CCCC)CCCCCCCC.